The number of hydrogen-bond acceptors (Lipinski definition) is 5. The standard InChI is InChI=1S/C21H24N4O2S/c1-14(2)19(26)23-11-18-13-28-20(24-18)17-4-3-9-25(12-17)21(27)16-7-5-15(10-22)6-8-16/h5-8,13-14,17H,3-4,9,11-12H2,1-2H3,(H,23,26)/t17-/m0/s1. The minimum atomic E-state index is -0.0433. The minimum absolute atomic E-state index is 0.00448. The SMILES string of the molecule is CC(C)C(=O)NCc1csc([C@H]2CCCN(C(=O)c3ccc(C#N)cc3)C2)n1. The van der Waals surface area contributed by atoms with Gasteiger partial charge in [0, 0.05) is 35.9 Å². The van der Waals surface area contributed by atoms with Gasteiger partial charge < -0.3 is 10.2 Å². The van der Waals surface area contributed by atoms with Gasteiger partial charge in [-0.2, -0.15) is 5.26 Å². The molecule has 0 aliphatic carbocycles. The van der Waals surface area contributed by atoms with E-state index in [2.05, 4.69) is 16.4 Å². The Morgan fingerprint density at radius 1 is 1.36 bits per heavy atom. The van der Waals surface area contributed by atoms with Crippen LogP contribution in [0.2, 0.25) is 0 Å². The number of thiazole rings is 1. The highest BCUT2D eigenvalue weighted by Crippen LogP contribution is 2.30. The maximum absolute atomic E-state index is 12.8. The van der Waals surface area contributed by atoms with Gasteiger partial charge in [-0.3, -0.25) is 9.59 Å². The molecule has 1 fully saturated rings. The molecule has 0 unspecified atom stereocenters. The molecule has 3 rings (SSSR count). The maximum Gasteiger partial charge on any atom is 0.253 e. The fourth-order valence-electron chi connectivity index (χ4n) is 3.21. The Balaban J connectivity index is 1.62. The highest BCUT2D eigenvalue weighted by molar-refractivity contribution is 7.09. The zero-order chi connectivity index (χ0) is 20.1. The summed E-state index contributed by atoms with van der Waals surface area (Å²) in [6.45, 7) is 5.54. The summed E-state index contributed by atoms with van der Waals surface area (Å²) in [4.78, 5) is 31.1. The molecule has 1 aromatic carbocycles. The van der Waals surface area contributed by atoms with Crippen LogP contribution in [0.25, 0.3) is 0 Å². The van der Waals surface area contributed by atoms with E-state index in [1.54, 1.807) is 35.6 Å². The molecule has 28 heavy (non-hydrogen) atoms. The Hall–Kier alpha value is -2.72. The van der Waals surface area contributed by atoms with Crippen LogP contribution in [0.5, 0.6) is 0 Å². The highest BCUT2D eigenvalue weighted by atomic mass is 32.1. The van der Waals surface area contributed by atoms with Crippen LogP contribution in [0.4, 0.5) is 0 Å². The number of hydrogen-bond donors (Lipinski definition) is 1. The number of benzene rings is 1. The van der Waals surface area contributed by atoms with E-state index in [9.17, 15) is 9.59 Å². The zero-order valence-corrected chi connectivity index (χ0v) is 17.0. The summed E-state index contributed by atoms with van der Waals surface area (Å²) in [6, 6.07) is 8.84. The molecule has 2 amide bonds. The lowest BCUT2D eigenvalue weighted by atomic mass is 9.98. The first-order valence-electron chi connectivity index (χ1n) is 9.49. The summed E-state index contributed by atoms with van der Waals surface area (Å²) in [5, 5.41) is 14.8. The Labute approximate surface area is 169 Å². The molecule has 7 heteroatoms. The number of nitriles is 1. The average Bonchev–Trinajstić information content (AvgIpc) is 3.20. The van der Waals surface area contributed by atoms with Gasteiger partial charge in [0.25, 0.3) is 5.91 Å². The molecule has 1 saturated heterocycles. The van der Waals surface area contributed by atoms with Gasteiger partial charge in [-0.25, -0.2) is 4.98 Å². The molecule has 0 bridgehead atoms. The average molecular weight is 397 g/mol. The van der Waals surface area contributed by atoms with Crippen molar-refractivity contribution in [3.63, 3.8) is 0 Å². The molecule has 1 aliphatic heterocycles. The third-order valence-electron chi connectivity index (χ3n) is 4.86. The summed E-state index contributed by atoms with van der Waals surface area (Å²) in [5.41, 5.74) is 2.02. The number of aromatic nitrogens is 1. The highest BCUT2D eigenvalue weighted by Gasteiger charge is 2.27. The van der Waals surface area contributed by atoms with E-state index >= 15 is 0 Å². The van der Waals surface area contributed by atoms with E-state index in [-0.39, 0.29) is 23.7 Å². The molecule has 6 nitrogen and oxygen atoms in total. The number of carbonyl (C=O) groups is 2. The van der Waals surface area contributed by atoms with Gasteiger partial charge in [0.05, 0.1) is 28.9 Å². The number of nitrogens with one attached hydrogen (secondary N) is 1. The topological polar surface area (TPSA) is 86.1 Å². The Morgan fingerprint density at radius 3 is 2.79 bits per heavy atom. The summed E-state index contributed by atoms with van der Waals surface area (Å²) >= 11 is 1.59. The van der Waals surface area contributed by atoms with Gasteiger partial charge in [-0.15, -0.1) is 11.3 Å². The van der Waals surface area contributed by atoms with E-state index in [0.717, 1.165) is 30.1 Å². The third-order valence-corrected chi connectivity index (χ3v) is 5.91. The van der Waals surface area contributed by atoms with Crippen molar-refractivity contribution in [1.82, 2.24) is 15.2 Å². The number of carbonyl (C=O) groups excluding carboxylic acids is 2. The summed E-state index contributed by atoms with van der Waals surface area (Å²) in [6.07, 6.45) is 1.94. The molecular formula is C21H24N4O2S. The molecule has 1 atom stereocenters. The lowest BCUT2D eigenvalue weighted by Crippen LogP contribution is -2.39. The molecule has 1 aliphatic rings. The molecule has 0 spiro atoms. The first-order valence-corrected chi connectivity index (χ1v) is 10.4. The van der Waals surface area contributed by atoms with Crippen molar-refractivity contribution >= 4 is 23.2 Å². The Bertz CT molecular complexity index is 883. The molecule has 1 aromatic heterocycles. The summed E-state index contributed by atoms with van der Waals surface area (Å²) < 4.78 is 0. The molecule has 1 N–H and O–H groups in total. The summed E-state index contributed by atoms with van der Waals surface area (Å²) in [7, 11) is 0. The van der Waals surface area contributed by atoms with Gasteiger partial charge in [-0.1, -0.05) is 13.8 Å². The van der Waals surface area contributed by atoms with E-state index in [1.807, 2.05) is 24.1 Å². The molecule has 2 heterocycles. The van der Waals surface area contributed by atoms with Crippen LogP contribution >= 0.6 is 11.3 Å². The van der Waals surface area contributed by atoms with Crippen LogP contribution in [0.3, 0.4) is 0 Å². The smallest absolute Gasteiger partial charge is 0.253 e. The lowest BCUT2D eigenvalue weighted by molar-refractivity contribution is -0.124. The van der Waals surface area contributed by atoms with Crippen molar-refractivity contribution in [2.75, 3.05) is 13.1 Å². The number of likely N-dealkylation sites (tertiary alicyclic amines) is 1. The van der Waals surface area contributed by atoms with E-state index < -0.39 is 0 Å². The Kier molecular flexibility index (Phi) is 6.42. The van der Waals surface area contributed by atoms with Crippen LogP contribution in [0.15, 0.2) is 29.6 Å². The van der Waals surface area contributed by atoms with E-state index in [0.29, 0.717) is 24.2 Å². The summed E-state index contributed by atoms with van der Waals surface area (Å²) in [5.74, 6) is 0.190. The van der Waals surface area contributed by atoms with Crippen LogP contribution in [-0.2, 0) is 11.3 Å². The van der Waals surface area contributed by atoms with Crippen molar-refractivity contribution in [2.24, 2.45) is 5.92 Å². The first-order chi connectivity index (χ1) is 13.5. The quantitative estimate of drug-likeness (QED) is 0.840. The second kappa shape index (κ2) is 8.98. The van der Waals surface area contributed by atoms with Crippen molar-refractivity contribution in [3.05, 3.63) is 51.5 Å². The molecule has 146 valence electrons. The lowest BCUT2D eigenvalue weighted by Gasteiger charge is -2.32. The van der Waals surface area contributed by atoms with Crippen LogP contribution in [0.1, 0.15) is 59.2 Å². The predicted molar refractivity (Wildman–Crippen MR) is 108 cm³/mol. The zero-order valence-electron chi connectivity index (χ0n) is 16.1. The molecule has 0 saturated carbocycles. The molecular weight excluding hydrogens is 372 g/mol. The first kappa shape index (κ1) is 20.0. The third kappa shape index (κ3) is 4.76. The Morgan fingerprint density at radius 2 is 2.11 bits per heavy atom. The van der Waals surface area contributed by atoms with Crippen molar-refractivity contribution in [2.45, 2.75) is 39.2 Å². The number of rotatable bonds is 5. The minimum Gasteiger partial charge on any atom is -0.350 e. The monoisotopic (exact) mass is 396 g/mol. The normalized spacial score (nSPS) is 16.6. The van der Waals surface area contributed by atoms with Crippen molar-refractivity contribution in [3.8, 4) is 6.07 Å². The van der Waals surface area contributed by atoms with Crippen molar-refractivity contribution in [1.29, 1.82) is 5.26 Å². The predicted octanol–water partition coefficient (Wildman–Crippen LogP) is 3.31. The van der Waals surface area contributed by atoms with E-state index in [1.165, 1.54) is 0 Å². The van der Waals surface area contributed by atoms with Crippen molar-refractivity contribution < 1.29 is 9.59 Å². The second-order valence-electron chi connectivity index (χ2n) is 7.33. The van der Waals surface area contributed by atoms with Gasteiger partial charge in [0.1, 0.15) is 0 Å². The number of amides is 2. The number of nitrogens with zero attached hydrogens (tertiary/aromatic N) is 3. The van der Waals surface area contributed by atoms with Crippen LogP contribution in [-0.4, -0.2) is 34.8 Å². The second-order valence-corrected chi connectivity index (χ2v) is 8.22. The largest absolute Gasteiger partial charge is 0.350 e. The van der Waals surface area contributed by atoms with Gasteiger partial charge in [0.15, 0.2) is 0 Å². The van der Waals surface area contributed by atoms with Crippen LogP contribution < -0.4 is 5.32 Å². The van der Waals surface area contributed by atoms with Crippen LogP contribution in [0, 0.1) is 17.2 Å². The molecule has 2 aromatic rings. The van der Waals surface area contributed by atoms with Gasteiger partial charge >= 0.3 is 0 Å². The number of piperidine rings is 1. The fraction of sp³-hybridized carbons (Fsp3) is 0.429. The van der Waals surface area contributed by atoms with E-state index in [4.69, 9.17) is 5.26 Å². The van der Waals surface area contributed by atoms with Gasteiger partial charge in [0.2, 0.25) is 5.91 Å². The fourth-order valence-corrected chi connectivity index (χ4v) is 4.15. The maximum atomic E-state index is 12.8. The van der Waals surface area contributed by atoms with Gasteiger partial charge in [-0.05, 0) is 37.1 Å². The molecule has 0 radical (unpaired) electrons.